The molecule has 1 aromatic rings. The van der Waals surface area contributed by atoms with Crippen molar-refractivity contribution in [2.45, 2.75) is 162 Å². The van der Waals surface area contributed by atoms with E-state index < -0.39 is 5.91 Å². The van der Waals surface area contributed by atoms with Crippen LogP contribution in [0.2, 0.25) is 0 Å². The summed E-state index contributed by atoms with van der Waals surface area (Å²) in [6, 6.07) is 5.53. The molecule has 3 amide bonds. The predicted molar refractivity (Wildman–Crippen MR) is 185 cm³/mol. The van der Waals surface area contributed by atoms with Gasteiger partial charge >= 0.3 is 0 Å². The second kappa shape index (κ2) is 16.5. The predicted octanol–water partition coefficient (Wildman–Crippen LogP) is 9.52. The normalized spacial score (nSPS) is 27.5. The van der Waals surface area contributed by atoms with Crippen LogP contribution < -0.4 is 11.1 Å². The Bertz CT molecular complexity index is 1090. The lowest BCUT2D eigenvalue weighted by atomic mass is 9.69. The number of hydrogen-bond acceptors (Lipinski definition) is 3. The number of benzene rings is 1. The van der Waals surface area contributed by atoms with Gasteiger partial charge in [0.05, 0.1) is 0 Å². The van der Waals surface area contributed by atoms with E-state index in [1.54, 1.807) is 18.2 Å². The number of nitrogens with one attached hydrogen (secondary N) is 1. The van der Waals surface area contributed by atoms with Crippen LogP contribution in [0.25, 0.3) is 0 Å². The van der Waals surface area contributed by atoms with Gasteiger partial charge in [0.15, 0.2) is 0 Å². The van der Waals surface area contributed by atoms with Crippen molar-refractivity contribution >= 4 is 23.4 Å². The van der Waals surface area contributed by atoms with E-state index in [1.807, 2.05) is 0 Å². The number of hydrogen-bond donors (Lipinski definition) is 2. The van der Waals surface area contributed by atoms with Gasteiger partial charge in [-0.1, -0.05) is 73.1 Å². The van der Waals surface area contributed by atoms with Gasteiger partial charge in [-0.25, -0.2) is 0 Å². The summed E-state index contributed by atoms with van der Waals surface area (Å²) in [4.78, 5) is 42.6. The largest absolute Gasteiger partial charge is 0.366 e. The first-order valence-electron chi connectivity index (χ1n) is 18.6. The summed E-state index contributed by atoms with van der Waals surface area (Å²) >= 11 is 0. The van der Waals surface area contributed by atoms with E-state index in [-0.39, 0.29) is 40.8 Å². The average Bonchev–Trinajstić information content (AvgIpc) is 3.03. The fourth-order valence-corrected chi connectivity index (χ4v) is 8.62. The molecule has 45 heavy (non-hydrogen) atoms. The third-order valence-electron chi connectivity index (χ3n) is 11.6. The van der Waals surface area contributed by atoms with Crippen LogP contribution >= 0.6 is 0 Å². The highest BCUT2D eigenvalue weighted by atomic mass is 16.2. The Morgan fingerprint density at radius 3 is 1.67 bits per heavy atom. The fraction of sp³-hybridized carbons (Fsp3) is 0.769. The molecule has 0 spiro atoms. The Kier molecular flexibility index (Phi) is 13.0. The van der Waals surface area contributed by atoms with Gasteiger partial charge < -0.3 is 16.0 Å². The average molecular weight is 622 g/mol. The number of nitrogens with zero attached hydrogens (tertiary/aromatic N) is 1. The highest BCUT2D eigenvalue weighted by molar-refractivity contribution is 6.02. The number of unbranched alkanes of at least 4 members (excludes halogenated alkanes) is 2. The number of carbonyl (C=O) groups is 3. The quantitative estimate of drug-likeness (QED) is 0.243. The van der Waals surface area contributed by atoms with E-state index in [2.05, 4.69) is 44.8 Å². The number of nitrogens with two attached hydrogens (primary N) is 1. The molecule has 0 saturated heterocycles. The van der Waals surface area contributed by atoms with Crippen molar-refractivity contribution in [3.05, 3.63) is 29.3 Å². The molecular weight excluding hydrogens is 558 g/mol. The van der Waals surface area contributed by atoms with Crippen molar-refractivity contribution in [1.82, 2.24) is 4.90 Å². The number of anilines is 1. The van der Waals surface area contributed by atoms with Gasteiger partial charge in [-0.15, -0.1) is 0 Å². The maximum absolute atomic E-state index is 14.6. The Hall–Kier alpha value is -2.37. The summed E-state index contributed by atoms with van der Waals surface area (Å²) in [5.74, 6) is 1.50. The lowest BCUT2D eigenvalue weighted by Gasteiger charge is -2.44. The molecular formula is C39H63N3O3. The standard InChI is InChI=1S/C39H63N3O3/c1-6-8-10-27-12-20-34(21-13-27)42(35-22-14-28(15-23-35)11-9-7-2)38(45)31-24-30(36(40)43)25-33(26-31)41-37(44)29-16-18-32(19-17-29)39(3,4)5/h24-29,32,34-35H,6-23H2,1-5H3,(H2,40,43)(H,41,44)/t27-,28-,29-,32+,34+,35+. The maximum Gasteiger partial charge on any atom is 0.254 e. The second-order valence-corrected chi connectivity index (χ2v) is 15.9. The molecule has 6 nitrogen and oxygen atoms in total. The molecule has 0 aromatic heterocycles. The molecule has 1 aromatic carbocycles. The first kappa shape index (κ1) is 35.5. The molecule has 0 unspecified atom stereocenters. The van der Waals surface area contributed by atoms with Crippen LogP contribution in [0.1, 0.15) is 171 Å². The molecule has 3 aliphatic rings. The third-order valence-corrected chi connectivity index (χ3v) is 11.6. The van der Waals surface area contributed by atoms with Crippen molar-refractivity contribution in [2.75, 3.05) is 5.32 Å². The van der Waals surface area contributed by atoms with E-state index in [1.165, 1.54) is 64.2 Å². The van der Waals surface area contributed by atoms with E-state index >= 15 is 0 Å². The molecule has 3 aliphatic carbocycles. The van der Waals surface area contributed by atoms with Crippen LogP contribution in [0, 0.1) is 29.1 Å². The van der Waals surface area contributed by atoms with E-state index in [0.29, 0.717) is 17.2 Å². The van der Waals surface area contributed by atoms with Crippen LogP contribution in [0.15, 0.2) is 18.2 Å². The summed E-state index contributed by atoms with van der Waals surface area (Å²) < 4.78 is 0. The van der Waals surface area contributed by atoms with Gasteiger partial charge in [0.2, 0.25) is 11.8 Å². The van der Waals surface area contributed by atoms with Gasteiger partial charge in [-0.3, -0.25) is 14.4 Å². The van der Waals surface area contributed by atoms with E-state index in [9.17, 15) is 14.4 Å². The molecule has 252 valence electrons. The zero-order chi connectivity index (χ0) is 32.6. The summed E-state index contributed by atoms with van der Waals surface area (Å²) in [5.41, 5.74) is 7.28. The van der Waals surface area contributed by atoms with Crippen molar-refractivity contribution in [1.29, 1.82) is 0 Å². The molecule has 3 N–H and O–H groups in total. The van der Waals surface area contributed by atoms with Crippen molar-refractivity contribution in [3.63, 3.8) is 0 Å². The summed E-state index contributed by atoms with van der Waals surface area (Å²) in [7, 11) is 0. The monoisotopic (exact) mass is 621 g/mol. The van der Waals surface area contributed by atoms with Gasteiger partial charge in [0.25, 0.3) is 5.91 Å². The molecule has 0 bridgehead atoms. The maximum atomic E-state index is 14.6. The first-order valence-corrected chi connectivity index (χ1v) is 18.6. The summed E-state index contributed by atoms with van der Waals surface area (Å²) in [5, 5.41) is 3.09. The minimum Gasteiger partial charge on any atom is -0.366 e. The zero-order valence-corrected chi connectivity index (χ0v) is 29.2. The Morgan fingerprint density at radius 2 is 1.22 bits per heavy atom. The lowest BCUT2D eigenvalue weighted by Crippen LogP contribution is -2.50. The fourth-order valence-electron chi connectivity index (χ4n) is 8.62. The topological polar surface area (TPSA) is 92.5 Å². The van der Waals surface area contributed by atoms with Crippen LogP contribution in [0.3, 0.4) is 0 Å². The second-order valence-electron chi connectivity index (χ2n) is 15.9. The van der Waals surface area contributed by atoms with Gasteiger partial charge in [0, 0.05) is 34.8 Å². The van der Waals surface area contributed by atoms with Crippen LogP contribution in [0.4, 0.5) is 5.69 Å². The molecule has 4 rings (SSSR count). The molecule has 3 fully saturated rings. The zero-order valence-electron chi connectivity index (χ0n) is 29.2. The SMILES string of the molecule is CCCC[C@H]1CC[C@@H](N(C(=O)c2cc(NC(=O)[C@H]3CC[C@@H](C(C)(C)C)CC3)cc(C(N)=O)c2)[C@H]2CC[C@@H](CCCC)CC2)CC1. The number of rotatable bonds is 12. The van der Waals surface area contributed by atoms with Crippen molar-refractivity contribution < 1.29 is 14.4 Å². The van der Waals surface area contributed by atoms with Crippen LogP contribution in [-0.4, -0.2) is 34.7 Å². The number of primary amides is 1. The Labute approximate surface area is 274 Å². The number of carbonyl (C=O) groups excluding carboxylic acids is 3. The van der Waals surface area contributed by atoms with Gasteiger partial charge in [-0.2, -0.15) is 0 Å². The molecule has 0 radical (unpaired) electrons. The third kappa shape index (κ3) is 9.81. The molecule has 0 atom stereocenters. The minimum atomic E-state index is -0.578. The van der Waals surface area contributed by atoms with Gasteiger partial charge in [0.1, 0.15) is 0 Å². The molecule has 6 heteroatoms. The smallest absolute Gasteiger partial charge is 0.254 e. The van der Waals surface area contributed by atoms with Crippen molar-refractivity contribution in [2.24, 2.45) is 34.8 Å². The Morgan fingerprint density at radius 1 is 0.733 bits per heavy atom. The van der Waals surface area contributed by atoms with E-state index in [0.717, 1.165) is 63.2 Å². The highest BCUT2D eigenvalue weighted by Crippen LogP contribution is 2.41. The lowest BCUT2D eigenvalue weighted by molar-refractivity contribution is -0.121. The minimum absolute atomic E-state index is 0.00620. The van der Waals surface area contributed by atoms with Crippen LogP contribution in [0.5, 0.6) is 0 Å². The molecule has 0 heterocycles. The van der Waals surface area contributed by atoms with Crippen molar-refractivity contribution in [3.8, 4) is 0 Å². The summed E-state index contributed by atoms with van der Waals surface area (Å²) in [6.07, 6.45) is 20.4. The number of amides is 3. The van der Waals surface area contributed by atoms with E-state index in [4.69, 9.17) is 5.73 Å². The first-order chi connectivity index (χ1) is 21.5. The summed E-state index contributed by atoms with van der Waals surface area (Å²) in [6.45, 7) is 11.4. The van der Waals surface area contributed by atoms with Crippen LogP contribution in [-0.2, 0) is 4.79 Å². The Balaban J connectivity index is 1.53. The molecule has 3 saturated carbocycles. The van der Waals surface area contributed by atoms with Gasteiger partial charge in [-0.05, 0) is 118 Å². The molecule has 0 aliphatic heterocycles. The highest BCUT2D eigenvalue weighted by Gasteiger charge is 2.37.